The van der Waals surface area contributed by atoms with Crippen LogP contribution in [-0.4, -0.2) is 44.9 Å². The number of nitriles is 1. The monoisotopic (exact) mass is 590 g/mol. The molecule has 0 bridgehead atoms. The normalized spacial score (nSPS) is 15.3. The number of ether oxygens (including phenoxy) is 3. The Morgan fingerprint density at radius 1 is 1.09 bits per heavy atom. The van der Waals surface area contributed by atoms with Gasteiger partial charge in [-0.25, -0.2) is 19.2 Å². The maximum absolute atomic E-state index is 14.3. The summed E-state index contributed by atoms with van der Waals surface area (Å²) in [5.41, 5.74) is 5.99. The van der Waals surface area contributed by atoms with E-state index in [0.717, 1.165) is 58.7 Å². The summed E-state index contributed by atoms with van der Waals surface area (Å²) < 4.78 is 34.1. The van der Waals surface area contributed by atoms with Crippen molar-refractivity contribution in [3.63, 3.8) is 0 Å². The summed E-state index contributed by atoms with van der Waals surface area (Å²) in [6, 6.07) is 20.7. The minimum absolute atomic E-state index is 0.0254. The van der Waals surface area contributed by atoms with Gasteiger partial charge < -0.3 is 23.9 Å². The number of carboxylic acids is 1. The highest BCUT2D eigenvalue weighted by atomic mass is 19.1. The highest BCUT2D eigenvalue weighted by Gasteiger charge is 2.26. The Hall–Kier alpha value is -5.27. The van der Waals surface area contributed by atoms with Crippen molar-refractivity contribution in [1.29, 1.82) is 5.26 Å². The number of halogens is 1. The zero-order valence-corrected chi connectivity index (χ0v) is 23.6. The average Bonchev–Trinajstić information content (AvgIpc) is 3.63. The predicted molar refractivity (Wildman–Crippen MR) is 158 cm³/mol. The quantitative estimate of drug-likeness (QED) is 0.232. The van der Waals surface area contributed by atoms with Gasteiger partial charge in [0.05, 0.1) is 53.2 Å². The number of carbonyl (C=O) groups is 1. The smallest absolute Gasteiger partial charge is 0.335 e. The van der Waals surface area contributed by atoms with Crippen molar-refractivity contribution >= 4 is 17.0 Å². The molecule has 7 rings (SSSR count). The molecule has 3 aromatic carbocycles. The molecule has 1 fully saturated rings. The first-order valence-electron chi connectivity index (χ1n) is 14.4. The average molecular weight is 591 g/mol. The molecule has 1 saturated heterocycles. The number of pyridine rings is 1. The SMILES string of the molecule is N#Cc1ccc(COc2cccc(-c3ccc(Cc4nc5ccc(C(=O)O)cc5n4C[C@@H]4CCO4)c4c3OCC4)n2)c(F)c1. The number of hydrogen-bond acceptors (Lipinski definition) is 7. The van der Waals surface area contributed by atoms with Crippen molar-refractivity contribution < 1.29 is 28.5 Å². The van der Waals surface area contributed by atoms with E-state index in [1.807, 2.05) is 24.3 Å². The van der Waals surface area contributed by atoms with E-state index in [0.29, 0.717) is 36.7 Å². The third-order valence-corrected chi connectivity index (χ3v) is 8.12. The van der Waals surface area contributed by atoms with E-state index in [9.17, 15) is 14.3 Å². The summed E-state index contributed by atoms with van der Waals surface area (Å²) in [4.78, 5) is 21.2. The highest BCUT2D eigenvalue weighted by Crippen LogP contribution is 2.39. The molecular formula is C34H27FN4O5. The molecule has 2 aromatic heterocycles. The molecule has 220 valence electrons. The second-order valence-corrected chi connectivity index (χ2v) is 10.9. The van der Waals surface area contributed by atoms with Crippen LogP contribution >= 0.6 is 0 Å². The lowest BCUT2D eigenvalue weighted by atomic mass is 9.97. The molecule has 9 nitrogen and oxygen atoms in total. The molecule has 5 aromatic rings. The number of hydrogen-bond donors (Lipinski definition) is 1. The zero-order chi connectivity index (χ0) is 30.2. The Labute approximate surface area is 252 Å². The summed E-state index contributed by atoms with van der Waals surface area (Å²) in [6.07, 6.45) is 2.31. The van der Waals surface area contributed by atoms with Gasteiger partial charge in [0.1, 0.15) is 24.0 Å². The number of carboxylic acid groups (broad SMARTS) is 1. The summed E-state index contributed by atoms with van der Waals surface area (Å²) >= 11 is 0. The van der Waals surface area contributed by atoms with Crippen LogP contribution in [0.3, 0.4) is 0 Å². The van der Waals surface area contributed by atoms with Crippen molar-refractivity contribution in [2.75, 3.05) is 13.2 Å². The van der Waals surface area contributed by atoms with Gasteiger partial charge >= 0.3 is 5.97 Å². The topological polar surface area (TPSA) is 119 Å². The van der Waals surface area contributed by atoms with Gasteiger partial charge in [0.25, 0.3) is 0 Å². The van der Waals surface area contributed by atoms with Gasteiger partial charge in [0.15, 0.2) is 0 Å². The molecule has 1 atom stereocenters. The van der Waals surface area contributed by atoms with E-state index in [1.165, 1.54) is 12.1 Å². The van der Waals surface area contributed by atoms with Crippen molar-refractivity contribution in [1.82, 2.24) is 14.5 Å². The van der Waals surface area contributed by atoms with Crippen molar-refractivity contribution in [3.05, 3.63) is 106 Å². The van der Waals surface area contributed by atoms with Crippen LogP contribution in [0, 0.1) is 17.1 Å². The van der Waals surface area contributed by atoms with E-state index in [1.54, 1.807) is 30.3 Å². The number of aromatic nitrogens is 3. The molecule has 0 radical (unpaired) electrons. The highest BCUT2D eigenvalue weighted by molar-refractivity contribution is 5.92. The molecule has 0 amide bonds. The van der Waals surface area contributed by atoms with Crippen molar-refractivity contribution in [2.24, 2.45) is 0 Å². The first-order valence-corrected chi connectivity index (χ1v) is 14.4. The zero-order valence-electron chi connectivity index (χ0n) is 23.6. The van der Waals surface area contributed by atoms with Crippen LogP contribution in [0.4, 0.5) is 4.39 Å². The first-order chi connectivity index (χ1) is 21.5. The summed E-state index contributed by atoms with van der Waals surface area (Å²) in [5.74, 6) is 0.468. The largest absolute Gasteiger partial charge is 0.492 e. The Balaban J connectivity index is 1.17. The number of rotatable bonds is 9. The summed E-state index contributed by atoms with van der Waals surface area (Å²) in [5, 5.41) is 18.5. The third kappa shape index (κ3) is 5.23. The van der Waals surface area contributed by atoms with Crippen LogP contribution in [0.15, 0.2) is 66.7 Å². The molecule has 10 heteroatoms. The van der Waals surface area contributed by atoms with Gasteiger partial charge in [-0.1, -0.05) is 18.2 Å². The fourth-order valence-corrected chi connectivity index (χ4v) is 5.71. The third-order valence-electron chi connectivity index (χ3n) is 8.12. The Morgan fingerprint density at radius 3 is 2.73 bits per heavy atom. The van der Waals surface area contributed by atoms with Gasteiger partial charge in [-0.15, -0.1) is 0 Å². The lowest BCUT2D eigenvalue weighted by Crippen LogP contribution is -2.31. The molecule has 1 N–H and O–H groups in total. The van der Waals surface area contributed by atoms with Gasteiger partial charge in [0.2, 0.25) is 5.88 Å². The number of fused-ring (bicyclic) bond motifs is 2. The molecular weight excluding hydrogens is 563 g/mol. The maximum atomic E-state index is 14.3. The molecule has 44 heavy (non-hydrogen) atoms. The fourth-order valence-electron chi connectivity index (χ4n) is 5.71. The lowest BCUT2D eigenvalue weighted by molar-refractivity contribution is -0.0589. The van der Waals surface area contributed by atoms with E-state index < -0.39 is 11.8 Å². The van der Waals surface area contributed by atoms with E-state index in [4.69, 9.17) is 24.5 Å². The summed E-state index contributed by atoms with van der Waals surface area (Å²) in [6.45, 7) is 1.85. The number of benzene rings is 3. The van der Waals surface area contributed by atoms with Crippen LogP contribution in [0.25, 0.3) is 22.3 Å². The molecule has 4 heterocycles. The van der Waals surface area contributed by atoms with Crippen molar-refractivity contribution in [2.45, 2.75) is 38.5 Å². The van der Waals surface area contributed by atoms with Crippen LogP contribution in [0.1, 0.15) is 44.9 Å². The predicted octanol–water partition coefficient (Wildman–Crippen LogP) is 5.70. The molecule has 0 unspecified atom stereocenters. The number of aromatic carboxylic acids is 1. The minimum atomic E-state index is -0.976. The van der Waals surface area contributed by atoms with Crippen molar-refractivity contribution in [3.8, 4) is 29.0 Å². The molecule has 0 saturated carbocycles. The number of imidazole rings is 1. The van der Waals surface area contributed by atoms with Gasteiger partial charge in [-0.2, -0.15) is 5.26 Å². The summed E-state index contributed by atoms with van der Waals surface area (Å²) in [7, 11) is 0. The van der Waals surface area contributed by atoms with Gasteiger partial charge in [-0.05, 0) is 54.4 Å². The van der Waals surface area contributed by atoms with Gasteiger partial charge in [-0.3, -0.25) is 0 Å². The van der Waals surface area contributed by atoms with Crippen LogP contribution < -0.4 is 9.47 Å². The number of nitrogens with zero attached hydrogens (tertiary/aromatic N) is 4. The Morgan fingerprint density at radius 2 is 1.95 bits per heavy atom. The van der Waals surface area contributed by atoms with E-state index in [-0.39, 0.29) is 23.8 Å². The van der Waals surface area contributed by atoms with E-state index in [2.05, 4.69) is 15.6 Å². The van der Waals surface area contributed by atoms with E-state index >= 15 is 0 Å². The fraction of sp³-hybridized carbons (Fsp3) is 0.235. The van der Waals surface area contributed by atoms with Crippen LogP contribution in [-0.2, 0) is 30.7 Å². The van der Waals surface area contributed by atoms with Crippen LogP contribution in [0.2, 0.25) is 0 Å². The first kappa shape index (κ1) is 27.6. The second-order valence-electron chi connectivity index (χ2n) is 10.9. The molecule has 0 aliphatic carbocycles. The molecule has 0 spiro atoms. The lowest BCUT2D eigenvalue weighted by Gasteiger charge is -2.27. The molecule has 2 aliphatic rings. The Bertz CT molecular complexity index is 1960. The second kappa shape index (κ2) is 11.4. The van der Waals surface area contributed by atoms with Gasteiger partial charge in [0, 0.05) is 42.2 Å². The standard InChI is InChI=1S/C34H27FN4O5/c35-27-14-20(17-36)4-5-23(27)19-44-32-3-1-2-28(38-32)26-8-6-21(25-11-13-43-33(25)26)16-31-37-29-9-7-22(34(40)41)15-30(29)39(31)18-24-10-12-42-24/h1-9,14-15,24H,10-13,16,18-19H2,(H,40,41)/t24-/m0/s1. The Kier molecular flexibility index (Phi) is 7.16. The maximum Gasteiger partial charge on any atom is 0.335 e. The minimum Gasteiger partial charge on any atom is -0.492 e. The van der Waals surface area contributed by atoms with Crippen LogP contribution in [0.5, 0.6) is 11.6 Å². The molecule has 2 aliphatic heterocycles.